The first-order valence-electron chi connectivity index (χ1n) is 13.9. The SMILES string of the molecule is CCN(CC)CCN1C(=O)C(NC(=O)[C@H](C)NCC(O)c2ccc(F)cc2)N=C(c2ccccn2)c2ccccc21. The monoisotopic (exact) mass is 560 g/mol. The highest BCUT2D eigenvalue weighted by Crippen LogP contribution is 2.27. The van der Waals surface area contributed by atoms with Gasteiger partial charge in [0.05, 0.1) is 29.2 Å². The van der Waals surface area contributed by atoms with Crippen molar-refractivity contribution in [2.24, 2.45) is 4.99 Å². The van der Waals surface area contributed by atoms with E-state index in [1.165, 1.54) is 24.3 Å². The fourth-order valence-electron chi connectivity index (χ4n) is 4.69. The Labute approximate surface area is 240 Å². The fraction of sp³-hybridized carbons (Fsp3) is 0.355. The molecule has 216 valence electrons. The number of nitrogens with one attached hydrogen (secondary N) is 2. The van der Waals surface area contributed by atoms with Crippen LogP contribution in [-0.2, 0) is 9.59 Å². The van der Waals surface area contributed by atoms with Gasteiger partial charge in [0.15, 0.2) is 0 Å². The van der Waals surface area contributed by atoms with Crippen molar-refractivity contribution in [3.8, 4) is 0 Å². The first-order chi connectivity index (χ1) is 19.8. The average Bonchev–Trinajstić information content (AvgIpc) is 3.11. The van der Waals surface area contributed by atoms with E-state index in [2.05, 4.69) is 34.4 Å². The van der Waals surface area contributed by atoms with Gasteiger partial charge >= 0.3 is 0 Å². The van der Waals surface area contributed by atoms with Crippen molar-refractivity contribution < 1.29 is 19.1 Å². The van der Waals surface area contributed by atoms with Gasteiger partial charge in [0.1, 0.15) is 5.82 Å². The minimum absolute atomic E-state index is 0.0583. The molecule has 3 N–H and O–H groups in total. The minimum atomic E-state index is -1.19. The Bertz CT molecular complexity index is 1350. The number of anilines is 1. The lowest BCUT2D eigenvalue weighted by molar-refractivity contribution is -0.128. The maximum atomic E-state index is 14.0. The van der Waals surface area contributed by atoms with Crippen molar-refractivity contribution >= 4 is 23.2 Å². The highest BCUT2D eigenvalue weighted by Gasteiger charge is 2.34. The van der Waals surface area contributed by atoms with E-state index in [0.717, 1.165) is 18.7 Å². The third-order valence-corrected chi connectivity index (χ3v) is 7.19. The second-order valence-corrected chi connectivity index (χ2v) is 9.84. The van der Waals surface area contributed by atoms with Gasteiger partial charge in [-0.05, 0) is 55.9 Å². The molecule has 0 bridgehead atoms. The topological polar surface area (TPSA) is 110 Å². The van der Waals surface area contributed by atoms with E-state index in [-0.39, 0.29) is 12.5 Å². The molecule has 1 aliphatic heterocycles. The van der Waals surface area contributed by atoms with E-state index in [4.69, 9.17) is 4.99 Å². The number of likely N-dealkylation sites (N-methyl/N-ethyl adjacent to an activating group) is 1. The molecule has 0 saturated heterocycles. The van der Waals surface area contributed by atoms with Gasteiger partial charge in [-0.1, -0.05) is 50.2 Å². The maximum absolute atomic E-state index is 14.0. The van der Waals surface area contributed by atoms with E-state index in [1.807, 2.05) is 36.4 Å². The van der Waals surface area contributed by atoms with Gasteiger partial charge in [-0.25, -0.2) is 9.38 Å². The lowest BCUT2D eigenvalue weighted by Gasteiger charge is -2.28. The predicted molar refractivity (Wildman–Crippen MR) is 157 cm³/mol. The summed E-state index contributed by atoms with van der Waals surface area (Å²) in [6.45, 7) is 8.64. The number of pyridine rings is 1. The molecule has 4 rings (SSSR count). The number of carbonyl (C=O) groups excluding carboxylic acids is 2. The summed E-state index contributed by atoms with van der Waals surface area (Å²) in [6.07, 6.45) is -0.462. The third kappa shape index (κ3) is 7.40. The summed E-state index contributed by atoms with van der Waals surface area (Å²) in [6, 6.07) is 17.8. The fourth-order valence-corrected chi connectivity index (χ4v) is 4.69. The van der Waals surface area contributed by atoms with Crippen LogP contribution in [0.4, 0.5) is 10.1 Å². The van der Waals surface area contributed by atoms with Gasteiger partial charge in [-0.15, -0.1) is 0 Å². The number of fused-ring (bicyclic) bond motifs is 1. The molecule has 1 aliphatic rings. The normalized spacial score (nSPS) is 16.5. The van der Waals surface area contributed by atoms with E-state index >= 15 is 0 Å². The van der Waals surface area contributed by atoms with Crippen molar-refractivity contribution in [1.82, 2.24) is 20.5 Å². The highest BCUT2D eigenvalue weighted by atomic mass is 19.1. The van der Waals surface area contributed by atoms with E-state index in [0.29, 0.717) is 35.7 Å². The molecule has 0 fully saturated rings. The van der Waals surface area contributed by atoms with E-state index < -0.39 is 30.0 Å². The number of benzene rings is 2. The van der Waals surface area contributed by atoms with Crippen LogP contribution in [0.25, 0.3) is 0 Å². The Morgan fingerprint density at radius 3 is 2.46 bits per heavy atom. The van der Waals surface area contributed by atoms with Gasteiger partial charge in [0.25, 0.3) is 5.91 Å². The highest BCUT2D eigenvalue weighted by molar-refractivity contribution is 6.19. The number of hydrogen-bond donors (Lipinski definition) is 3. The van der Waals surface area contributed by atoms with Gasteiger partial charge in [-0.3, -0.25) is 14.6 Å². The average molecular weight is 561 g/mol. The summed E-state index contributed by atoms with van der Waals surface area (Å²) in [4.78, 5) is 40.4. The number of aliphatic imine (C=N–C) groups is 1. The molecule has 2 aromatic carbocycles. The minimum Gasteiger partial charge on any atom is -0.387 e. The van der Waals surface area contributed by atoms with E-state index in [1.54, 1.807) is 24.1 Å². The van der Waals surface area contributed by atoms with Gasteiger partial charge < -0.3 is 25.5 Å². The summed E-state index contributed by atoms with van der Waals surface area (Å²) in [5.74, 6) is -1.19. The third-order valence-electron chi connectivity index (χ3n) is 7.19. The molecule has 0 saturated carbocycles. The number of aliphatic hydroxyl groups excluding tert-OH is 1. The summed E-state index contributed by atoms with van der Waals surface area (Å²) in [5, 5.41) is 16.3. The zero-order valence-corrected chi connectivity index (χ0v) is 23.6. The lowest BCUT2D eigenvalue weighted by atomic mass is 10.0. The predicted octanol–water partition coefficient (Wildman–Crippen LogP) is 2.90. The summed E-state index contributed by atoms with van der Waals surface area (Å²) >= 11 is 0. The molecule has 2 heterocycles. The van der Waals surface area contributed by atoms with Crippen LogP contribution in [-0.4, -0.2) is 77.4 Å². The molecule has 0 spiro atoms. The van der Waals surface area contributed by atoms with E-state index in [9.17, 15) is 19.1 Å². The summed E-state index contributed by atoms with van der Waals surface area (Å²) < 4.78 is 13.2. The zero-order valence-electron chi connectivity index (χ0n) is 23.6. The molecule has 9 nitrogen and oxygen atoms in total. The molecule has 41 heavy (non-hydrogen) atoms. The molecule has 0 radical (unpaired) electrons. The summed E-state index contributed by atoms with van der Waals surface area (Å²) in [5.41, 5.74) is 3.09. The lowest BCUT2D eigenvalue weighted by Crippen LogP contribution is -2.53. The molecule has 2 amide bonds. The number of halogens is 1. The van der Waals surface area contributed by atoms with Crippen LogP contribution in [0.3, 0.4) is 0 Å². The van der Waals surface area contributed by atoms with Crippen LogP contribution in [0.15, 0.2) is 77.9 Å². The molecule has 2 unspecified atom stereocenters. The van der Waals surface area contributed by atoms with Crippen LogP contribution in [0.2, 0.25) is 0 Å². The van der Waals surface area contributed by atoms with Gasteiger partial charge in [0.2, 0.25) is 12.1 Å². The van der Waals surface area contributed by atoms with Crippen molar-refractivity contribution in [3.05, 3.63) is 95.6 Å². The number of aromatic nitrogens is 1. The summed E-state index contributed by atoms with van der Waals surface area (Å²) in [7, 11) is 0. The Hall–Kier alpha value is -3.99. The second kappa shape index (κ2) is 14.1. The zero-order chi connectivity index (χ0) is 29.4. The van der Waals surface area contributed by atoms with Crippen LogP contribution in [0, 0.1) is 5.82 Å². The van der Waals surface area contributed by atoms with Crippen LogP contribution in [0.5, 0.6) is 0 Å². The standard InChI is InChI=1S/C31H37FN6O3/c1-4-37(5-2)18-19-38-26-12-7-6-10-24(26)28(25-11-8-9-17-33-25)35-29(31(38)41)36-30(40)21(3)34-20-27(39)22-13-15-23(32)16-14-22/h6-17,21,27,29,34,39H,4-5,18-20H2,1-3H3,(H,36,40)/t21-,27?,29?/m0/s1. The number of aliphatic hydroxyl groups is 1. The van der Waals surface area contributed by atoms with Crippen LogP contribution >= 0.6 is 0 Å². The Kier molecular flexibility index (Phi) is 10.3. The largest absolute Gasteiger partial charge is 0.387 e. The molecule has 1 aromatic heterocycles. The molecular formula is C31H37FN6O3. The van der Waals surface area contributed by atoms with Crippen LogP contribution in [0.1, 0.15) is 43.7 Å². The number of para-hydroxylation sites is 1. The first kappa shape index (κ1) is 30.0. The van der Waals surface area contributed by atoms with Crippen molar-refractivity contribution in [2.45, 2.75) is 39.1 Å². The maximum Gasteiger partial charge on any atom is 0.272 e. The van der Waals surface area contributed by atoms with Crippen molar-refractivity contribution in [2.75, 3.05) is 37.6 Å². The van der Waals surface area contributed by atoms with Crippen LogP contribution < -0.4 is 15.5 Å². The molecule has 3 aromatic rings. The number of rotatable bonds is 12. The second-order valence-electron chi connectivity index (χ2n) is 9.84. The molecular weight excluding hydrogens is 523 g/mol. The Morgan fingerprint density at radius 2 is 1.78 bits per heavy atom. The number of nitrogens with zero attached hydrogens (tertiary/aromatic N) is 4. The van der Waals surface area contributed by atoms with Gasteiger partial charge in [-0.2, -0.15) is 0 Å². The molecule has 0 aliphatic carbocycles. The first-order valence-corrected chi connectivity index (χ1v) is 13.9. The molecule has 3 atom stereocenters. The van der Waals surface area contributed by atoms with Gasteiger partial charge in [0, 0.05) is 31.4 Å². The number of amides is 2. The Morgan fingerprint density at radius 1 is 1.07 bits per heavy atom. The van der Waals surface area contributed by atoms with Crippen molar-refractivity contribution in [3.63, 3.8) is 0 Å². The molecule has 10 heteroatoms. The number of carbonyl (C=O) groups is 2. The Balaban J connectivity index is 1.58. The number of hydrogen-bond acceptors (Lipinski definition) is 7. The van der Waals surface area contributed by atoms with Crippen molar-refractivity contribution in [1.29, 1.82) is 0 Å². The smallest absolute Gasteiger partial charge is 0.272 e. The number of benzodiazepines with no additional fused rings is 1. The quantitative estimate of drug-likeness (QED) is 0.314.